The molecule has 2 saturated heterocycles. The lowest BCUT2D eigenvalue weighted by molar-refractivity contribution is -0.142. The molecule has 2 aromatic rings. The molecule has 432 valence electrons. The van der Waals surface area contributed by atoms with Gasteiger partial charge >= 0.3 is 17.9 Å². The molecule has 3 heterocycles. The molecule has 0 unspecified atom stereocenters. The van der Waals surface area contributed by atoms with E-state index in [1.165, 1.54) is 0 Å². The summed E-state index contributed by atoms with van der Waals surface area (Å²) in [6.45, 7) is 1.59. The lowest BCUT2D eigenvalue weighted by atomic mass is 10.0. The second kappa shape index (κ2) is 33.2. The van der Waals surface area contributed by atoms with Crippen molar-refractivity contribution in [2.45, 2.75) is 113 Å². The minimum Gasteiger partial charge on any atom is -0.481 e. The SMILES string of the molecule is CCCn1cc(CCC(=O)N[C@@H]2CSSC[C@H](C(=O)O)NC(=O)[C@@H](Cc3ccccc3)NC(=O)[C@H]3CSSC[C@@H](NC(=O)[C@@H](CC(=O)O)NC2=O)C(=O)N[C@H](CCCN=C(N)N)C(=O)NCC(=O)N[C@H](CC(=O)O)C(=O)N3)nn1. The first-order valence-corrected chi connectivity index (χ1v) is 29.4. The molecular formula is C45H63N15O15S4. The van der Waals surface area contributed by atoms with Crippen LogP contribution in [0.25, 0.3) is 0 Å². The zero-order valence-corrected chi connectivity index (χ0v) is 45.8. The molecule has 0 spiro atoms. The quantitative estimate of drug-likeness (QED) is 0.0309. The average molecular weight is 1180 g/mol. The van der Waals surface area contributed by atoms with Crippen LogP contribution in [0.15, 0.2) is 41.5 Å². The number of aryl methyl sites for hydroxylation is 2. The number of guanidine groups is 1. The maximum absolute atomic E-state index is 14.3. The Bertz CT molecular complexity index is 2540. The summed E-state index contributed by atoms with van der Waals surface area (Å²) in [4.78, 5) is 166. The smallest absolute Gasteiger partial charge is 0.327 e. The number of carboxylic acid groups (broad SMARTS) is 3. The summed E-state index contributed by atoms with van der Waals surface area (Å²) >= 11 is 0. The molecule has 30 nitrogen and oxygen atoms in total. The molecule has 2 aliphatic rings. The van der Waals surface area contributed by atoms with Gasteiger partial charge in [-0.25, -0.2) is 4.79 Å². The van der Waals surface area contributed by atoms with E-state index in [1.807, 2.05) is 6.92 Å². The summed E-state index contributed by atoms with van der Waals surface area (Å²) < 4.78 is 1.59. The largest absolute Gasteiger partial charge is 0.481 e. The standard InChI is InChI=1S/C45H63N15O15S4/c1-2-13-60-18-24(58-59-60)10-11-33(61)51-29-19-76-79-22-32(44(74)75)57-38(68)26(14-23-7-4-3-5-8-23)53-43(73)31-21-78-77-20-30(56-40(70)28(16-36(65)66)54-41(29)71)42(72)52-25(9-6-12-48-45(46)47)37(67)49-17-34(62)50-27(15-35(63)64)39(69)55-31/h3-5,7-8,18,25-32H,2,6,9-17,19-22H2,1H3,(H,49,67)(H,50,62)(H,51,61)(H,52,72)(H,53,73)(H,54,71)(H,55,69)(H,56,70)(H,57,68)(H,63,64)(H,65,66)(H,74,75)(H4,46,47,48)/t25-,26-,27-,28-,29-,30-,31-,32-/m1/s1. The number of hydrogen-bond donors (Lipinski definition) is 14. The van der Waals surface area contributed by atoms with E-state index in [0.29, 0.717) is 17.8 Å². The third-order valence-electron chi connectivity index (χ3n) is 11.2. The number of hydrogen-bond acceptors (Lipinski definition) is 19. The monoisotopic (exact) mass is 1180 g/mol. The topological polar surface area (TPSA) is 469 Å². The highest BCUT2D eigenvalue weighted by Crippen LogP contribution is 2.25. The molecule has 1 aromatic carbocycles. The molecule has 0 aliphatic carbocycles. The Morgan fingerprint density at radius 2 is 1.27 bits per heavy atom. The van der Waals surface area contributed by atoms with E-state index in [1.54, 1.807) is 41.2 Å². The van der Waals surface area contributed by atoms with Crippen molar-refractivity contribution in [2.24, 2.45) is 16.5 Å². The van der Waals surface area contributed by atoms with Gasteiger partial charge in [0.15, 0.2) is 5.96 Å². The lowest BCUT2D eigenvalue weighted by Gasteiger charge is -2.27. The fourth-order valence-electron chi connectivity index (χ4n) is 7.26. The van der Waals surface area contributed by atoms with Crippen molar-refractivity contribution in [1.29, 1.82) is 0 Å². The number of amides is 9. The van der Waals surface area contributed by atoms with Gasteiger partial charge in [0.1, 0.15) is 48.3 Å². The van der Waals surface area contributed by atoms with E-state index >= 15 is 0 Å². The van der Waals surface area contributed by atoms with Crippen LogP contribution in [0.5, 0.6) is 0 Å². The molecule has 1 aromatic heterocycles. The highest BCUT2D eigenvalue weighted by Gasteiger charge is 2.36. The van der Waals surface area contributed by atoms with Crippen LogP contribution < -0.4 is 59.3 Å². The third kappa shape index (κ3) is 23.3. The fourth-order valence-corrected chi connectivity index (χ4v) is 11.9. The fraction of sp³-hybridized carbons (Fsp3) is 0.533. The van der Waals surface area contributed by atoms with E-state index in [4.69, 9.17) is 11.5 Å². The van der Waals surface area contributed by atoms with Gasteiger partial charge in [-0.1, -0.05) is 85.6 Å². The Hall–Kier alpha value is -7.33. The van der Waals surface area contributed by atoms with E-state index in [0.717, 1.165) is 49.6 Å². The van der Waals surface area contributed by atoms with Gasteiger partial charge in [-0.05, 0) is 24.8 Å². The second-order valence-corrected chi connectivity index (χ2v) is 22.7. The first-order chi connectivity index (χ1) is 37.6. The molecule has 34 heteroatoms. The third-order valence-corrected chi connectivity index (χ3v) is 16.1. The molecule has 4 rings (SSSR count). The van der Waals surface area contributed by atoms with Gasteiger partial charge in [0.05, 0.1) is 25.1 Å². The van der Waals surface area contributed by atoms with Crippen molar-refractivity contribution in [2.75, 3.05) is 36.1 Å². The van der Waals surface area contributed by atoms with Crippen LogP contribution in [-0.2, 0) is 76.9 Å². The van der Waals surface area contributed by atoms with E-state index in [9.17, 15) is 72.9 Å². The number of carbonyl (C=O) groups is 12. The number of carboxylic acids is 3. The maximum Gasteiger partial charge on any atom is 0.327 e. The zero-order chi connectivity index (χ0) is 58.0. The first-order valence-electron chi connectivity index (χ1n) is 24.4. The van der Waals surface area contributed by atoms with E-state index < -0.39 is 150 Å². The Kier molecular flexibility index (Phi) is 27.0. The first kappa shape index (κ1) is 64.2. The molecule has 0 radical (unpaired) electrons. The number of benzene rings is 1. The minimum atomic E-state index is -1.93. The van der Waals surface area contributed by atoms with Gasteiger partial charge in [-0.15, -0.1) is 5.10 Å². The van der Waals surface area contributed by atoms with Gasteiger partial charge in [0.2, 0.25) is 53.2 Å². The number of nitrogens with zero attached hydrogens (tertiary/aromatic N) is 4. The van der Waals surface area contributed by atoms with Crippen molar-refractivity contribution >= 4 is 120 Å². The van der Waals surface area contributed by atoms with Crippen LogP contribution >= 0.6 is 43.2 Å². The summed E-state index contributed by atoms with van der Waals surface area (Å²) in [5.41, 5.74) is 11.9. The number of fused-ring (bicyclic) bond motifs is 5. The Labute approximate surface area is 467 Å². The number of rotatable bonds is 17. The van der Waals surface area contributed by atoms with E-state index in [-0.39, 0.29) is 56.1 Å². The molecule has 16 N–H and O–H groups in total. The predicted octanol–water partition coefficient (Wildman–Crippen LogP) is -4.26. The number of aliphatic carboxylic acids is 3. The van der Waals surface area contributed by atoms with Crippen LogP contribution in [0.1, 0.15) is 56.7 Å². The molecule has 2 aliphatic heterocycles. The van der Waals surface area contributed by atoms with Crippen molar-refractivity contribution in [3.8, 4) is 0 Å². The van der Waals surface area contributed by atoms with Gasteiger partial charge in [-0.3, -0.25) is 62.4 Å². The van der Waals surface area contributed by atoms with Crippen LogP contribution in [0.4, 0.5) is 0 Å². The van der Waals surface area contributed by atoms with Crippen molar-refractivity contribution in [3.05, 3.63) is 47.8 Å². The summed E-state index contributed by atoms with van der Waals surface area (Å²) in [6.07, 6.45) is -0.111. The molecule has 0 saturated carbocycles. The molecule has 9 amide bonds. The number of aromatic nitrogens is 3. The highest BCUT2D eigenvalue weighted by atomic mass is 33.1. The van der Waals surface area contributed by atoms with E-state index in [2.05, 4.69) is 63.2 Å². The van der Waals surface area contributed by atoms with Gasteiger partial charge in [-0.2, -0.15) is 0 Å². The Morgan fingerprint density at radius 1 is 0.696 bits per heavy atom. The zero-order valence-electron chi connectivity index (χ0n) is 42.5. The summed E-state index contributed by atoms with van der Waals surface area (Å²) in [5, 5.41) is 59.6. The number of nitrogens with two attached hydrogens (primary N) is 2. The second-order valence-electron chi connectivity index (χ2n) is 17.6. The van der Waals surface area contributed by atoms with Crippen molar-refractivity contribution in [3.63, 3.8) is 0 Å². The van der Waals surface area contributed by atoms with Crippen LogP contribution in [0, 0.1) is 0 Å². The minimum absolute atomic E-state index is 0.0342. The molecule has 2 fully saturated rings. The molecule has 79 heavy (non-hydrogen) atoms. The summed E-state index contributed by atoms with van der Waals surface area (Å²) in [5.74, 6) is -15.8. The average Bonchev–Trinajstić information content (AvgIpc) is 3.85. The highest BCUT2D eigenvalue weighted by molar-refractivity contribution is 8.77. The van der Waals surface area contributed by atoms with Crippen LogP contribution in [0.3, 0.4) is 0 Å². The Morgan fingerprint density at radius 3 is 1.86 bits per heavy atom. The lowest BCUT2D eigenvalue weighted by Crippen LogP contribution is -2.59. The Balaban J connectivity index is 1.80. The normalized spacial score (nSPS) is 23.8. The van der Waals surface area contributed by atoms with Crippen molar-refractivity contribution in [1.82, 2.24) is 62.8 Å². The van der Waals surface area contributed by atoms with Crippen molar-refractivity contribution < 1.29 is 72.9 Å². The van der Waals surface area contributed by atoms with Gasteiger partial charge < -0.3 is 74.6 Å². The number of nitrogens with one attached hydrogen (secondary N) is 9. The van der Waals surface area contributed by atoms with Crippen LogP contribution in [0.2, 0.25) is 0 Å². The predicted molar refractivity (Wildman–Crippen MR) is 289 cm³/mol. The molecular weight excluding hydrogens is 1120 g/mol. The van der Waals surface area contributed by atoms with Gasteiger partial charge in [0, 0.05) is 61.6 Å². The number of carbonyl (C=O) groups excluding carboxylic acids is 9. The van der Waals surface area contributed by atoms with Crippen LogP contribution in [-0.4, -0.2) is 192 Å². The number of aliphatic imine (C=N–C) groups is 1. The molecule has 8 atom stereocenters. The summed E-state index contributed by atoms with van der Waals surface area (Å²) in [6, 6.07) is -5.06. The maximum atomic E-state index is 14.3. The van der Waals surface area contributed by atoms with Gasteiger partial charge in [0.25, 0.3) is 0 Å². The summed E-state index contributed by atoms with van der Waals surface area (Å²) in [7, 11) is 3.33. The molecule has 2 bridgehead atoms.